The van der Waals surface area contributed by atoms with Crippen LogP contribution >= 0.6 is 0 Å². The number of nitrogens with zero attached hydrogens (tertiary/aromatic N) is 5. The van der Waals surface area contributed by atoms with Crippen molar-refractivity contribution in [1.29, 1.82) is 5.26 Å². The first-order valence-corrected chi connectivity index (χ1v) is 10.1. The monoisotopic (exact) mass is 420 g/mol. The second-order valence-corrected chi connectivity index (χ2v) is 7.28. The summed E-state index contributed by atoms with van der Waals surface area (Å²) < 4.78 is 0. The summed E-state index contributed by atoms with van der Waals surface area (Å²) in [5.74, 6) is 0.421. The van der Waals surface area contributed by atoms with E-state index in [0.717, 1.165) is 16.8 Å². The van der Waals surface area contributed by atoms with Gasteiger partial charge in [-0.05, 0) is 61.9 Å². The first kappa shape index (κ1) is 20.8. The minimum atomic E-state index is -0.280. The Hall–Kier alpha value is -4.44. The second-order valence-electron chi connectivity index (χ2n) is 7.28. The van der Waals surface area contributed by atoms with Crippen LogP contribution in [0.5, 0.6) is 0 Å². The number of amides is 1. The van der Waals surface area contributed by atoms with E-state index in [9.17, 15) is 10.1 Å². The maximum Gasteiger partial charge on any atom is 0.251 e. The Morgan fingerprint density at radius 1 is 0.969 bits per heavy atom. The van der Waals surface area contributed by atoms with E-state index in [1.165, 1.54) is 0 Å². The number of nitriles is 1. The molecule has 7 nitrogen and oxygen atoms in total. The van der Waals surface area contributed by atoms with Crippen molar-refractivity contribution in [2.45, 2.75) is 19.9 Å². The number of hydrogen-bond donors (Lipinski definition) is 1. The highest BCUT2D eigenvalue weighted by Crippen LogP contribution is 2.29. The van der Waals surface area contributed by atoms with Crippen molar-refractivity contribution < 1.29 is 4.79 Å². The van der Waals surface area contributed by atoms with Gasteiger partial charge in [-0.3, -0.25) is 9.78 Å². The van der Waals surface area contributed by atoms with Gasteiger partial charge < -0.3 is 5.32 Å². The third-order valence-corrected chi connectivity index (χ3v) is 5.03. The van der Waals surface area contributed by atoms with Gasteiger partial charge >= 0.3 is 0 Å². The van der Waals surface area contributed by atoms with Crippen LogP contribution in [-0.4, -0.2) is 25.8 Å². The Labute approximate surface area is 185 Å². The fourth-order valence-corrected chi connectivity index (χ4v) is 3.31. The van der Waals surface area contributed by atoms with E-state index >= 15 is 0 Å². The number of pyridine rings is 2. The lowest BCUT2D eigenvalue weighted by molar-refractivity contribution is 0.0940. The summed E-state index contributed by atoms with van der Waals surface area (Å²) in [6, 6.07) is 16.5. The molecule has 1 atom stereocenters. The van der Waals surface area contributed by atoms with Crippen molar-refractivity contribution in [3.05, 3.63) is 96.0 Å². The summed E-state index contributed by atoms with van der Waals surface area (Å²) >= 11 is 0. The molecule has 0 bridgehead atoms. The molecule has 4 rings (SSSR count). The lowest BCUT2D eigenvalue weighted by Gasteiger charge is -2.15. The summed E-state index contributed by atoms with van der Waals surface area (Å²) in [7, 11) is 0. The predicted molar refractivity (Wildman–Crippen MR) is 120 cm³/mol. The molecule has 156 valence electrons. The van der Waals surface area contributed by atoms with Crippen LogP contribution in [-0.2, 0) is 0 Å². The van der Waals surface area contributed by atoms with Crippen molar-refractivity contribution in [2.24, 2.45) is 0 Å². The third kappa shape index (κ3) is 4.50. The molecule has 32 heavy (non-hydrogen) atoms. The van der Waals surface area contributed by atoms with Crippen molar-refractivity contribution >= 4 is 5.91 Å². The molecule has 0 unspecified atom stereocenters. The van der Waals surface area contributed by atoms with Gasteiger partial charge in [-0.15, -0.1) is 0 Å². The highest BCUT2D eigenvalue weighted by Gasteiger charge is 2.16. The fraction of sp³-hybridized carbons (Fsp3) is 0.120. The Bertz CT molecular complexity index is 1300. The molecule has 0 saturated carbocycles. The van der Waals surface area contributed by atoms with Gasteiger partial charge in [0, 0.05) is 47.0 Å². The number of hydrogen-bond acceptors (Lipinski definition) is 6. The van der Waals surface area contributed by atoms with Crippen molar-refractivity contribution in [3.63, 3.8) is 0 Å². The van der Waals surface area contributed by atoms with Gasteiger partial charge in [-0.1, -0.05) is 6.07 Å². The molecule has 0 aliphatic carbocycles. The molecule has 0 aliphatic heterocycles. The summed E-state index contributed by atoms with van der Waals surface area (Å²) in [6.45, 7) is 3.69. The van der Waals surface area contributed by atoms with Crippen LogP contribution in [0.2, 0.25) is 0 Å². The highest BCUT2D eigenvalue weighted by molar-refractivity contribution is 5.97. The molecule has 4 aromatic rings. The maximum atomic E-state index is 13.2. The van der Waals surface area contributed by atoms with Gasteiger partial charge in [0.15, 0.2) is 0 Å². The van der Waals surface area contributed by atoms with E-state index in [1.807, 2.05) is 44.2 Å². The summed E-state index contributed by atoms with van der Waals surface area (Å²) in [5.41, 5.74) is 4.43. The zero-order chi connectivity index (χ0) is 22.5. The van der Waals surface area contributed by atoms with E-state index in [0.29, 0.717) is 28.2 Å². The molecule has 1 aromatic carbocycles. The van der Waals surface area contributed by atoms with Crippen LogP contribution in [0.3, 0.4) is 0 Å². The SMILES string of the molecule is Cc1ncc([C@@H](C)NC(=O)c2cc(-c3ccccn3)cc(-c3cccnc3C#N)c2)cn1. The Morgan fingerprint density at radius 2 is 1.72 bits per heavy atom. The molecule has 3 aromatic heterocycles. The van der Waals surface area contributed by atoms with Crippen LogP contribution < -0.4 is 5.32 Å². The minimum absolute atomic E-state index is 0.250. The first-order valence-electron chi connectivity index (χ1n) is 10.1. The Kier molecular flexibility index (Phi) is 5.95. The van der Waals surface area contributed by atoms with Gasteiger partial charge in [-0.25, -0.2) is 15.0 Å². The number of aryl methyl sites for hydroxylation is 1. The maximum absolute atomic E-state index is 13.2. The summed E-state index contributed by atoms with van der Waals surface area (Å²) in [5, 5.41) is 12.5. The molecule has 1 amide bonds. The highest BCUT2D eigenvalue weighted by atomic mass is 16.1. The van der Waals surface area contributed by atoms with Gasteiger partial charge in [0.1, 0.15) is 17.6 Å². The van der Waals surface area contributed by atoms with E-state index in [-0.39, 0.29) is 11.9 Å². The molecule has 0 aliphatic rings. The van der Waals surface area contributed by atoms with Gasteiger partial charge in [0.05, 0.1) is 11.7 Å². The molecule has 3 heterocycles. The average molecular weight is 420 g/mol. The Balaban J connectivity index is 1.74. The standard InChI is InChI=1S/C25H20N6O/c1-16(21-14-29-17(2)30-15-21)31-25(32)20-11-18(22-6-5-9-28-24(22)13-26)10-19(12-20)23-7-3-4-8-27-23/h3-12,14-16H,1-2H3,(H,31,32)/t16-/m1/s1. The fourth-order valence-electron chi connectivity index (χ4n) is 3.31. The first-order chi connectivity index (χ1) is 15.5. The number of aromatic nitrogens is 4. The number of carbonyl (C=O) groups is 1. The molecule has 0 radical (unpaired) electrons. The van der Waals surface area contributed by atoms with Crippen LogP contribution in [0.1, 0.15) is 40.4 Å². The number of benzene rings is 1. The van der Waals surface area contributed by atoms with Gasteiger partial charge in [0.25, 0.3) is 5.91 Å². The summed E-state index contributed by atoms with van der Waals surface area (Å²) in [6.07, 6.45) is 6.69. The smallest absolute Gasteiger partial charge is 0.251 e. The molecular weight excluding hydrogens is 400 g/mol. The average Bonchev–Trinajstić information content (AvgIpc) is 2.84. The molecular formula is C25H20N6O. The molecule has 1 N–H and O–H groups in total. The largest absolute Gasteiger partial charge is 0.345 e. The topological polar surface area (TPSA) is 104 Å². The lowest BCUT2D eigenvalue weighted by Crippen LogP contribution is -2.27. The van der Waals surface area contributed by atoms with Crippen LogP contribution in [0.25, 0.3) is 22.4 Å². The molecule has 0 saturated heterocycles. The number of rotatable bonds is 5. The molecule has 0 fully saturated rings. The van der Waals surface area contributed by atoms with Gasteiger partial charge in [-0.2, -0.15) is 5.26 Å². The minimum Gasteiger partial charge on any atom is -0.345 e. The van der Waals surface area contributed by atoms with E-state index in [4.69, 9.17) is 0 Å². The van der Waals surface area contributed by atoms with Crippen molar-refractivity contribution in [3.8, 4) is 28.5 Å². The molecule has 0 spiro atoms. The predicted octanol–water partition coefficient (Wildman–Crippen LogP) is 4.27. The van der Waals surface area contributed by atoms with E-state index in [1.54, 1.807) is 43.0 Å². The van der Waals surface area contributed by atoms with Crippen molar-refractivity contribution in [1.82, 2.24) is 25.3 Å². The third-order valence-electron chi connectivity index (χ3n) is 5.03. The number of nitrogens with one attached hydrogen (secondary N) is 1. The van der Waals surface area contributed by atoms with Gasteiger partial charge in [0.2, 0.25) is 0 Å². The zero-order valence-corrected chi connectivity index (χ0v) is 17.6. The van der Waals surface area contributed by atoms with E-state index in [2.05, 4.69) is 31.3 Å². The Morgan fingerprint density at radius 3 is 2.44 bits per heavy atom. The van der Waals surface area contributed by atoms with Crippen LogP contribution in [0.15, 0.2) is 73.3 Å². The number of carbonyl (C=O) groups excluding carboxylic acids is 1. The van der Waals surface area contributed by atoms with Crippen LogP contribution in [0.4, 0.5) is 0 Å². The second kappa shape index (κ2) is 9.14. The zero-order valence-electron chi connectivity index (χ0n) is 17.6. The quantitative estimate of drug-likeness (QED) is 0.517. The van der Waals surface area contributed by atoms with E-state index < -0.39 is 0 Å². The van der Waals surface area contributed by atoms with Crippen molar-refractivity contribution in [2.75, 3.05) is 0 Å². The normalized spacial score (nSPS) is 11.4. The summed E-state index contributed by atoms with van der Waals surface area (Å²) in [4.78, 5) is 30.1. The molecule has 7 heteroatoms. The lowest BCUT2D eigenvalue weighted by atomic mass is 9.96. The van der Waals surface area contributed by atoms with Crippen LogP contribution in [0, 0.1) is 18.3 Å².